The summed E-state index contributed by atoms with van der Waals surface area (Å²) in [5.74, 6) is 1.92. The molecule has 3 aromatic rings. The van der Waals surface area contributed by atoms with Gasteiger partial charge in [0, 0.05) is 5.38 Å². The van der Waals surface area contributed by atoms with Crippen LogP contribution in [0.25, 0.3) is 0 Å². The molecule has 1 amide bonds. The first-order chi connectivity index (χ1) is 12.6. The lowest BCUT2D eigenvalue weighted by Gasteiger charge is -2.09. The largest absolute Gasteiger partial charge is 0.484 e. The van der Waals surface area contributed by atoms with Gasteiger partial charge in [0.25, 0.3) is 5.91 Å². The molecule has 0 saturated carbocycles. The number of aromatic nitrogens is 1. The van der Waals surface area contributed by atoms with Gasteiger partial charge < -0.3 is 14.8 Å². The number of hydrogen-bond acceptors (Lipinski definition) is 5. The van der Waals surface area contributed by atoms with Crippen molar-refractivity contribution in [2.75, 3.05) is 6.61 Å². The summed E-state index contributed by atoms with van der Waals surface area (Å²) < 4.78 is 11.3. The van der Waals surface area contributed by atoms with E-state index in [2.05, 4.69) is 10.3 Å². The van der Waals surface area contributed by atoms with Crippen LogP contribution in [0.1, 0.15) is 16.3 Å². The van der Waals surface area contributed by atoms with E-state index in [1.807, 2.05) is 55.6 Å². The topological polar surface area (TPSA) is 60.5 Å². The molecule has 2 aromatic carbocycles. The Morgan fingerprint density at radius 3 is 2.23 bits per heavy atom. The van der Waals surface area contributed by atoms with Gasteiger partial charge in [0.15, 0.2) is 6.61 Å². The molecule has 3 rings (SSSR count). The molecule has 0 bridgehead atoms. The molecule has 5 nitrogen and oxygen atoms in total. The van der Waals surface area contributed by atoms with Crippen LogP contribution in [-0.4, -0.2) is 17.5 Å². The summed E-state index contributed by atoms with van der Waals surface area (Å²) in [6.45, 7) is 4.34. The fourth-order valence-corrected chi connectivity index (χ4v) is 2.84. The van der Waals surface area contributed by atoms with Crippen molar-refractivity contribution in [2.45, 2.75) is 20.4 Å². The van der Waals surface area contributed by atoms with E-state index in [1.54, 1.807) is 23.5 Å². The fourth-order valence-electron chi connectivity index (χ4n) is 2.22. The van der Waals surface area contributed by atoms with E-state index in [1.165, 1.54) is 5.56 Å². The van der Waals surface area contributed by atoms with Crippen LogP contribution in [0.15, 0.2) is 53.9 Å². The minimum absolute atomic E-state index is 0.0404. The van der Waals surface area contributed by atoms with Crippen LogP contribution in [0, 0.1) is 13.8 Å². The first kappa shape index (κ1) is 17.9. The number of thiazole rings is 1. The highest BCUT2D eigenvalue weighted by Crippen LogP contribution is 2.24. The predicted molar refractivity (Wildman–Crippen MR) is 102 cm³/mol. The highest BCUT2D eigenvalue weighted by molar-refractivity contribution is 7.09. The Morgan fingerprint density at radius 1 is 1.00 bits per heavy atom. The van der Waals surface area contributed by atoms with E-state index < -0.39 is 0 Å². The zero-order valence-electron chi connectivity index (χ0n) is 14.7. The second-order valence-corrected chi connectivity index (χ2v) is 6.87. The summed E-state index contributed by atoms with van der Waals surface area (Å²) in [4.78, 5) is 16.1. The molecule has 0 unspecified atom stereocenters. The quantitative estimate of drug-likeness (QED) is 0.677. The van der Waals surface area contributed by atoms with Gasteiger partial charge in [-0.25, -0.2) is 4.98 Å². The SMILES string of the molecule is Cc1ccc(Oc2ccc(OCC(=O)NCc3csc(C)n3)cc2)cc1. The third kappa shape index (κ3) is 5.32. The lowest BCUT2D eigenvalue weighted by Crippen LogP contribution is -2.28. The molecule has 0 saturated heterocycles. The average Bonchev–Trinajstić information content (AvgIpc) is 3.07. The van der Waals surface area contributed by atoms with Gasteiger partial charge in [-0.05, 0) is 50.2 Å². The van der Waals surface area contributed by atoms with Crippen molar-refractivity contribution in [3.8, 4) is 17.2 Å². The molecule has 0 aliphatic heterocycles. The van der Waals surface area contributed by atoms with Gasteiger partial charge in [-0.2, -0.15) is 0 Å². The molecule has 0 fully saturated rings. The molecule has 0 spiro atoms. The number of ether oxygens (including phenoxy) is 2. The Kier molecular flexibility index (Phi) is 5.86. The third-order valence-electron chi connectivity index (χ3n) is 3.58. The number of rotatable bonds is 7. The smallest absolute Gasteiger partial charge is 0.258 e. The Balaban J connectivity index is 1.44. The number of nitrogens with zero attached hydrogens (tertiary/aromatic N) is 1. The van der Waals surface area contributed by atoms with E-state index >= 15 is 0 Å². The van der Waals surface area contributed by atoms with Gasteiger partial charge in [-0.3, -0.25) is 4.79 Å². The van der Waals surface area contributed by atoms with Crippen LogP contribution in [0.5, 0.6) is 17.2 Å². The summed E-state index contributed by atoms with van der Waals surface area (Å²) in [6, 6.07) is 15.0. The fraction of sp³-hybridized carbons (Fsp3) is 0.200. The van der Waals surface area contributed by atoms with Crippen molar-refractivity contribution in [1.29, 1.82) is 0 Å². The van der Waals surface area contributed by atoms with E-state index in [9.17, 15) is 4.79 Å². The molecule has 0 aliphatic rings. The number of nitrogens with one attached hydrogen (secondary N) is 1. The predicted octanol–water partition coefficient (Wildman–Crippen LogP) is 4.25. The van der Waals surface area contributed by atoms with E-state index in [4.69, 9.17) is 9.47 Å². The maximum Gasteiger partial charge on any atom is 0.258 e. The van der Waals surface area contributed by atoms with Gasteiger partial charge in [0.1, 0.15) is 17.2 Å². The first-order valence-corrected chi connectivity index (χ1v) is 9.11. The second kappa shape index (κ2) is 8.49. The highest BCUT2D eigenvalue weighted by atomic mass is 32.1. The molecule has 26 heavy (non-hydrogen) atoms. The molecule has 0 radical (unpaired) electrons. The number of amides is 1. The Hall–Kier alpha value is -2.86. The van der Waals surface area contributed by atoms with Gasteiger partial charge in [0.2, 0.25) is 0 Å². The molecule has 0 aliphatic carbocycles. The van der Waals surface area contributed by atoms with Crippen molar-refractivity contribution in [3.05, 3.63) is 70.2 Å². The van der Waals surface area contributed by atoms with Crippen molar-refractivity contribution in [1.82, 2.24) is 10.3 Å². The van der Waals surface area contributed by atoms with Crippen molar-refractivity contribution < 1.29 is 14.3 Å². The standard InChI is InChI=1S/C20H20N2O3S/c1-14-3-5-18(6-4-14)25-19-9-7-17(8-10-19)24-12-20(23)21-11-16-13-26-15(2)22-16/h3-10,13H,11-12H2,1-2H3,(H,21,23). The number of benzene rings is 2. The number of carbonyl (C=O) groups is 1. The van der Waals surface area contributed by atoms with Crippen LogP contribution in [0.2, 0.25) is 0 Å². The zero-order chi connectivity index (χ0) is 18.4. The van der Waals surface area contributed by atoms with Crippen molar-refractivity contribution in [2.24, 2.45) is 0 Å². The molecular weight excluding hydrogens is 348 g/mol. The van der Waals surface area contributed by atoms with Crippen molar-refractivity contribution >= 4 is 17.2 Å². The van der Waals surface area contributed by atoms with Crippen LogP contribution < -0.4 is 14.8 Å². The summed E-state index contributed by atoms with van der Waals surface area (Å²) in [7, 11) is 0. The van der Waals surface area contributed by atoms with Crippen LogP contribution in [-0.2, 0) is 11.3 Å². The van der Waals surface area contributed by atoms with Crippen LogP contribution in [0.4, 0.5) is 0 Å². The van der Waals surface area contributed by atoms with Crippen molar-refractivity contribution in [3.63, 3.8) is 0 Å². The van der Waals surface area contributed by atoms with Gasteiger partial charge in [0.05, 0.1) is 17.2 Å². The third-order valence-corrected chi connectivity index (χ3v) is 4.41. The summed E-state index contributed by atoms with van der Waals surface area (Å²) in [5.41, 5.74) is 2.04. The van der Waals surface area contributed by atoms with E-state index in [0.717, 1.165) is 16.5 Å². The number of carbonyl (C=O) groups excluding carboxylic acids is 1. The lowest BCUT2D eigenvalue weighted by molar-refractivity contribution is -0.123. The monoisotopic (exact) mass is 368 g/mol. The molecule has 0 atom stereocenters. The van der Waals surface area contributed by atoms with Crippen LogP contribution >= 0.6 is 11.3 Å². The Morgan fingerprint density at radius 2 is 1.62 bits per heavy atom. The van der Waals surface area contributed by atoms with E-state index in [0.29, 0.717) is 18.0 Å². The molecule has 1 heterocycles. The molecule has 134 valence electrons. The maximum atomic E-state index is 11.8. The molecular formula is C20H20N2O3S. The first-order valence-electron chi connectivity index (χ1n) is 8.23. The molecule has 1 aromatic heterocycles. The number of hydrogen-bond donors (Lipinski definition) is 1. The minimum atomic E-state index is -0.185. The molecule has 6 heteroatoms. The van der Waals surface area contributed by atoms with Gasteiger partial charge in [-0.15, -0.1) is 11.3 Å². The highest BCUT2D eigenvalue weighted by Gasteiger charge is 2.05. The Bertz CT molecular complexity index is 858. The summed E-state index contributed by atoms with van der Waals surface area (Å²) in [5, 5.41) is 5.71. The normalized spacial score (nSPS) is 10.4. The maximum absolute atomic E-state index is 11.8. The van der Waals surface area contributed by atoms with Gasteiger partial charge in [-0.1, -0.05) is 17.7 Å². The minimum Gasteiger partial charge on any atom is -0.484 e. The zero-order valence-corrected chi connectivity index (χ0v) is 15.5. The second-order valence-electron chi connectivity index (χ2n) is 5.81. The van der Waals surface area contributed by atoms with Gasteiger partial charge >= 0.3 is 0 Å². The van der Waals surface area contributed by atoms with E-state index in [-0.39, 0.29) is 12.5 Å². The summed E-state index contributed by atoms with van der Waals surface area (Å²) in [6.07, 6.45) is 0. The Labute approximate surface area is 156 Å². The summed E-state index contributed by atoms with van der Waals surface area (Å²) >= 11 is 1.56. The molecule has 1 N–H and O–H groups in total. The lowest BCUT2D eigenvalue weighted by atomic mass is 10.2. The number of aryl methyl sites for hydroxylation is 2. The average molecular weight is 368 g/mol. The van der Waals surface area contributed by atoms with Crippen LogP contribution in [0.3, 0.4) is 0 Å².